The number of likely N-dealkylation sites (N-methyl/N-ethyl adjacent to an activating group) is 1. The average Bonchev–Trinajstić information content (AvgIpc) is 2.49. The quantitative estimate of drug-likeness (QED) is 0.849. The third-order valence-electron chi connectivity index (χ3n) is 4.57. The number of rotatable bonds is 6. The van der Waals surface area contributed by atoms with Crippen molar-refractivity contribution in [3.8, 4) is 0 Å². The van der Waals surface area contributed by atoms with E-state index in [0.717, 1.165) is 30.8 Å². The minimum Gasteiger partial charge on any atom is -0.377 e. The summed E-state index contributed by atoms with van der Waals surface area (Å²) in [4.78, 5) is 0. The molecule has 2 rings (SSSR count). The fraction of sp³-hybridized carbons (Fsp3) is 0.647. The number of halogens is 1. The van der Waals surface area contributed by atoms with E-state index in [1.165, 1.54) is 24.8 Å². The summed E-state index contributed by atoms with van der Waals surface area (Å²) in [5.74, 6) is 0. The van der Waals surface area contributed by atoms with Crippen LogP contribution in [0.15, 0.2) is 24.3 Å². The summed E-state index contributed by atoms with van der Waals surface area (Å²) >= 11 is 6.33. The zero-order valence-corrected chi connectivity index (χ0v) is 13.4. The number of benzene rings is 1. The highest BCUT2D eigenvalue weighted by Crippen LogP contribution is 2.36. The predicted molar refractivity (Wildman–Crippen MR) is 85.4 cm³/mol. The van der Waals surface area contributed by atoms with E-state index in [1.54, 1.807) is 0 Å². The van der Waals surface area contributed by atoms with Crippen LogP contribution >= 0.6 is 11.6 Å². The van der Waals surface area contributed by atoms with Crippen LogP contribution in [-0.2, 0) is 11.2 Å². The number of hydrogen-bond donors (Lipinski definition) is 1. The van der Waals surface area contributed by atoms with E-state index in [2.05, 4.69) is 24.4 Å². The van der Waals surface area contributed by atoms with Crippen LogP contribution in [0.4, 0.5) is 0 Å². The Morgan fingerprint density at radius 1 is 1.25 bits per heavy atom. The molecular weight excluding hydrogens is 270 g/mol. The molecule has 1 aromatic rings. The van der Waals surface area contributed by atoms with Gasteiger partial charge in [-0.1, -0.05) is 56.0 Å². The molecule has 0 saturated heterocycles. The van der Waals surface area contributed by atoms with Gasteiger partial charge in [-0.3, -0.25) is 0 Å². The van der Waals surface area contributed by atoms with Crippen molar-refractivity contribution < 1.29 is 4.74 Å². The predicted octanol–water partition coefficient (Wildman–Crippen LogP) is 4.21. The summed E-state index contributed by atoms with van der Waals surface area (Å²) < 4.78 is 6.00. The minimum atomic E-state index is -0.0343. The second kappa shape index (κ2) is 7.44. The van der Waals surface area contributed by atoms with Gasteiger partial charge < -0.3 is 10.1 Å². The van der Waals surface area contributed by atoms with Crippen LogP contribution in [0.5, 0.6) is 0 Å². The average molecular weight is 296 g/mol. The van der Waals surface area contributed by atoms with Crippen molar-refractivity contribution in [3.63, 3.8) is 0 Å². The van der Waals surface area contributed by atoms with Crippen LogP contribution in [-0.4, -0.2) is 25.3 Å². The smallest absolute Gasteiger partial charge is 0.0834 e. The fourth-order valence-electron chi connectivity index (χ4n) is 3.42. The third-order valence-corrected chi connectivity index (χ3v) is 4.94. The van der Waals surface area contributed by atoms with Crippen molar-refractivity contribution >= 4 is 11.6 Å². The molecule has 1 aliphatic carbocycles. The van der Waals surface area contributed by atoms with Gasteiger partial charge >= 0.3 is 0 Å². The van der Waals surface area contributed by atoms with Crippen LogP contribution in [0.3, 0.4) is 0 Å². The van der Waals surface area contributed by atoms with Gasteiger partial charge in [0, 0.05) is 18.2 Å². The number of nitrogens with one attached hydrogen (secondary N) is 1. The molecule has 0 bridgehead atoms. The minimum absolute atomic E-state index is 0.0343. The molecule has 0 amide bonds. The molecule has 112 valence electrons. The van der Waals surface area contributed by atoms with Gasteiger partial charge in [-0.25, -0.2) is 0 Å². The lowest BCUT2D eigenvalue weighted by molar-refractivity contribution is -0.0669. The van der Waals surface area contributed by atoms with Crippen molar-refractivity contribution in [2.75, 3.05) is 13.7 Å². The molecule has 1 atom stereocenters. The lowest BCUT2D eigenvalue weighted by Crippen LogP contribution is -2.54. The highest BCUT2D eigenvalue weighted by Gasteiger charge is 2.39. The molecule has 1 N–H and O–H groups in total. The van der Waals surface area contributed by atoms with Gasteiger partial charge in [0.25, 0.3) is 0 Å². The van der Waals surface area contributed by atoms with Crippen LogP contribution in [0, 0.1) is 0 Å². The Kier molecular flexibility index (Phi) is 5.88. The Morgan fingerprint density at radius 3 is 2.55 bits per heavy atom. The van der Waals surface area contributed by atoms with E-state index in [0.29, 0.717) is 6.04 Å². The first-order chi connectivity index (χ1) is 9.72. The summed E-state index contributed by atoms with van der Waals surface area (Å²) in [6, 6.07) is 8.47. The second-order valence-electron chi connectivity index (χ2n) is 5.74. The van der Waals surface area contributed by atoms with Gasteiger partial charge in [-0.15, -0.1) is 0 Å². The zero-order chi connectivity index (χ0) is 14.4. The Balaban J connectivity index is 2.19. The molecule has 0 spiro atoms. The molecule has 2 nitrogen and oxygen atoms in total. The standard InChI is InChI=1S/C17H26ClNO/c1-3-19-16(13-14-9-5-6-10-15(14)18)17(20-2)11-7-4-8-12-17/h5-6,9-10,16,19H,3-4,7-8,11-13H2,1-2H3. The van der Waals surface area contributed by atoms with E-state index >= 15 is 0 Å². The van der Waals surface area contributed by atoms with Crippen LogP contribution in [0.25, 0.3) is 0 Å². The van der Waals surface area contributed by atoms with Gasteiger partial charge in [0.05, 0.1) is 5.60 Å². The van der Waals surface area contributed by atoms with Crippen molar-refractivity contribution in [3.05, 3.63) is 34.9 Å². The largest absolute Gasteiger partial charge is 0.377 e. The summed E-state index contributed by atoms with van der Waals surface area (Å²) in [5, 5.41) is 4.49. The summed E-state index contributed by atoms with van der Waals surface area (Å²) in [7, 11) is 1.86. The van der Waals surface area contributed by atoms with Crippen molar-refractivity contribution in [1.29, 1.82) is 0 Å². The maximum atomic E-state index is 6.33. The first-order valence-corrected chi connectivity index (χ1v) is 8.11. The number of methoxy groups -OCH3 is 1. The number of ether oxygens (including phenoxy) is 1. The van der Waals surface area contributed by atoms with Crippen LogP contribution < -0.4 is 5.32 Å². The monoisotopic (exact) mass is 295 g/mol. The molecule has 0 aliphatic heterocycles. The molecule has 0 radical (unpaired) electrons. The van der Waals surface area contributed by atoms with Gasteiger partial charge in [-0.2, -0.15) is 0 Å². The first kappa shape index (κ1) is 15.8. The lowest BCUT2D eigenvalue weighted by atomic mass is 9.77. The molecule has 3 heteroatoms. The van der Waals surface area contributed by atoms with E-state index in [-0.39, 0.29) is 5.60 Å². The Labute approximate surface area is 127 Å². The maximum absolute atomic E-state index is 6.33. The van der Waals surface area contributed by atoms with Crippen molar-refractivity contribution in [1.82, 2.24) is 5.32 Å². The molecule has 1 fully saturated rings. The van der Waals surface area contributed by atoms with Crippen molar-refractivity contribution in [2.45, 2.75) is 57.1 Å². The van der Waals surface area contributed by atoms with Gasteiger partial charge in [0.2, 0.25) is 0 Å². The highest BCUT2D eigenvalue weighted by molar-refractivity contribution is 6.31. The maximum Gasteiger partial charge on any atom is 0.0834 e. The second-order valence-corrected chi connectivity index (χ2v) is 6.14. The highest BCUT2D eigenvalue weighted by atomic mass is 35.5. The summed E-state index contributed by atoms with van der Waals surface area (Å²) in [5.41, 5.74) is 1.18. The van der Waals surface area contributed by atoms with Crippen LogP contribution in [0.2, 0.25) is 5.02 Å². The summed E-state index contributed by atoms with van der Waals surface area (Å²) in [6.07, 6.45) is 7.07. The molecular formula is C17H26ClNO. The molecule has 1 unspecified atom stereocenters. The Bertz CT molecular complexity index is 415. The van der Waals surface area contributed by atoms with Gasteiger partial charge in [0.15, 0.2) is 0 Å². The lowest BCUT2D eigenvalue weighted by Gasteiger charge is -2.43. The summed E-state index contributed by atoms with van der Waals surface area (Å²) in [6.45, 7) is 3.12. The SMILES string of the molecule is CCNC(Cc1ccccc1Cl)C1(OC)CCCCC1. The van der Waals surface area contributed by atoms with Crippen molar-refractivity contribution in [2.24, 2.45) is 0 Å². The van der Waals surface area contributed by atoms with E-state index < -0.39 is 0 Å². The first-order valence-electron chi connectivity index (χ1n) is 7.74. The van der Waals surface area contributed by atoms with E-state index in [9.17, 15) is 0 Å². The molecule has 20 heavy (non-hydrogen) atoms. The van der Waals surface area contributed by atoms with Gasteiger partial charge in [0.1, 0.15) is 0 Å². The molecule has 1 aliphatic rings. The Hall–Kier alpha value is -0.570. The third kappa shape index (κ3) is 3.55. The Morgan fingerprint density at radius 2 is 1.95 bits per heavy atom. The topological polar surface area (TPSA) is 21.3 Å². The fourth-order valence-corrected chi connectivity index (χ4v) is 3.63. The molecule has 0 aromatic heterocycles. The number of hydrogen-bond acceptors (Lipinski definition) is 2. The normalized spacial score (nSPS) is 19.8. The zero-order valence-electron chi connectivity index (χ0n) is 12.6. The van der Waals surface area contributed by atoms with Crippen LogP contribution in [0.1, 0.15) is 44.6 Å². The molecule has 1 saturated carbocycles. The molecule has 1 aromatic carbocycles. The van der Waals surface area contributed by atoms with E-state index in [1.807, 2.05) is 19.2 Å². The molecule has 0 heterocycles. The van der Waals surface area contributed by atoms with Gasteiger partial charge in [-0.05, 0) is 37.4 Å². The van der Waals surface area contributed by atoms with E-state index in [4.69, 9.17) is 16.3 Å².